The second kappa shape index (κ2) is 14.2. The van der Waals surface area contributed by atoms with E-state index in [1.807, 2.05) is 32.9 Å². The Labute approximate surface area is 241 Å². The average molecular weight is 586 g/mol. The van der Waals surface area contributed by atoms with Gasteiger partial charge in [-0.3, -0.25) is 13.9 Å². The monoisotopic (exact) mass is 585 g/mol. The maximum Gasteiger partial charge on any atom is 0.264 e. The molecule has 3 aromatic carbocycles. The predicted octanol–water partition coefficient (Wildman–Crippen LogP) is 5.19. The van der Waals surface area contributed by atoms with E-state index >= 15 is 0 Å². The maximum absolute atomic E-state index is 14.0. The second-order valence-electron chi connectivity index (χ2n) is 9.39. The zero-order valence-corrected chi connectivity index (χ0v) is 24.8. The first-order valence-corrected chi connectivity index (χ1v) is 15.0. The van der Waals surface area contributed by atoms with E-state index in [1.165, 1.54) is 29.2 Å². The van der Waals surface area contributed by atoms with Crippen molar-refractivity contribution in [3.63, 3.8) is 0 Å². The van der Waals surface area contributed by atoms with Crippen LogP contribution in [0.2, 0.25) is 5.02 Å². The van der Waals surface area contributed by atoms with Crippen molar-refractivity contribution in [2.45, 2.75) is 51.1 Å². The molecule has 0 saturated heterocycles. The number of nitrogens with one attached hydrogen (secondary N) is 1. The fraction of sp³-hybridized carbons (Fsp3) is 0.333. The first-order valence-electron chi connectivity index (χ1n) is 13.2. The van der Waals surface area contributed by atoms with Crippen molar-refractivity contribution in [1.82, 2.24) is 10.2 Å². The summed E-state index contributed by atoms with van der Waals surface area (Å²) in [4.78, 5) is 28.6. The molecule has 1 N–H and O–H groups in total. The van der Waals surface area contributed by atoms with Crippen LogP contribution in [-0.2, 0) is 26.2 Å². The third-order valence-electron chi connectivity index (χ3n) is 6.45. The number of aryl methyl sites for hydroxylation is 1. The van der Waals surface area contributed by atoms with E-state index in [0.29, 0.717) is 29.4 Å². The highest BCUT2D eigenvalue weighted by molar-refractivity contribution is 7.92. The molecule has 0 aliphatic heterocycles. The number of hydrogen-bond acceptors (Lipinski definition) is 5. The van der Waals surface area contributed by atoms with E-state index in [0.717, 1.165) is 21.9 Å². The van der Waals surface area contributed by atoms with Crippen LogP contribution in [0.1, 0.15) is 37.8 Å². The summed E-state index contributed by atoms with van der Waals surface area (Å²) in [5.41, 5.74) is 2.05. The highest BCUT2D eigenvalue weighted by Gasteiger charge is 2.33. The summed E-state index contributed by atoms with van der Waals surface area (Å²) in [6.07, 6.45) is 1.10. The van der Waals surface area contributed by atoms with Crippen molar-refractivity contribution in [3.8, 4) is 5.75 Å². The molecule has 3 rings (SSSR count). The van der Waals surface area contributed by atoms with Gasteiger partial charge in [-0.05, 0) is 73.9 Å². The molecule has 8 nitrogen and oxygen atoms in total. The fourth-order valence-corrected chi connectivity index (χ4v) is 5.73. The van der Waals surface area contributed by atoms with E-state index in [1.54, 1.807) is 43.5 Å². The van der Waals surface area contributed by atoms with Gasteiger partial charge in [0.1, 0.15) is 18.3 Å². The highest BCUT2D eigenvalue weighted by Crippen LogP contribution is 2.26. The molecule has 0 unspecified atom stereocenters. The number of hydrogen-bond donors (Lipinski definition) is 1. The summed E-state index contributed by atoms with van der Waals surface area (Å²) in [6.45, 7) is 5.76. The smallest absolute Gasteiger partial charge is 0.264 e. The Kier molecular flexibility index (Phi) is 11.0. The van der Waals surface area contributed by atoms with Crippen LogP contribution < -0.4 is 14.4 Å². The van der Waals surface area contributed by atoms with Gasteiger partial charge in [-0.2, -0.15) is 0 Å². The molecule has 2 amide bonds. The summed E-state index contributed by atoms with van der Waals surface area (Å²) < 4.78 is 34.0. The molecule has 0 spiro atoms. The van der Waals surface area contributed by atoms with E-state index in [4.69, 9.17) is 16.3 Å². The summed E-state index contributed by atoms with van der Waals surface area (Å²) >= 11 is 6.00. The van der Waals surface area contributed by atoms with Gasteiger partial charge in [0.15, 0.2) is 0 Å². The second-order valence-corrected chi connectivity index (χ2v) is 11.7. The summed E-state index contributed by atoms with van der Waals surface area (Å²) in [7, 11) is -2.58. The van der Waals surface area contributed by atoms with Gasteiger partial charge in [0.25, 0.3) is 10.0 Å². The number of sulfonamides is 1. The molecule has 10 heteroatoms. The third-order valence-corrected chi connectivity index (χ3v) is 8.49. The molecule has 0 radical (unpaired) electrons. The lowest BCUT2D eigenvalue weighted by molar-refractivity contribution is -0.140. The summed E-state index contributed by atoms with van der Waals surface area (Å²) in [5, 5.41) is 3.27. The highest BCUT2D eigenvalue weighted by atomic mass is 35.5. The van der Waals surface area contributed by atoms with Crippen LogP contribution in [0.5, 0.6) is 5.75 Å². The summed E-state index contributed by atoms with van der Waals surface area (Å²) in [5.74, 6) is -0.130. The SMILES string of the molecule is CCCNC(=O)[C@@H](CC)N(Cc1ccc(OC)cc1)C(=O)CN(c1ccc(C)cc1)S(=O)(=O)c1ccc(Cl)cc1. The van der Waals surface area contributed by atoms with Crippen LogP contribution in [0.25, 0.3) is 0 Å². The van der Waals surface area contributed by atoms with E-state index < -0.39 is 28.5 Å². The van der Waals surface area contributed by atoms with Crippen LogP contribution in [0.4, 0.5) is 5.69 Å². The van der Waals surface area contributed by atoms with Crippen molar-refractivity contribution < 1.29 is 22.7 Å². The molecule has 0 aromatic heterocycles. The molecule has 0 saturated carbocycles. The van der Waals surface area contributed by atoms with Gasteiger partial charge in [0.2, 0.25) is 11.8 Å². The number of benzene rings is 3. The van der Waals surface area contributed by atoms with Crippen molar-refractivity contribution in [2.24, 2.45) is 0 Å². The zero-order valence-electron chi connectivity index (χ0n) is 23.3. The lowest BCUT2D eigenvalue weighted by atomic mass is 10.1. The standard InChI is InChI=1S/C30H36ClN3O5S/c1-5-19-32-30(36)28(6-2)33(20-23-9-15-26(39-4)16-10-23)29(35)21-34(25-13-7-22(3)8-14-25)40(37,38)27-17-11-24(31)12-18-27/h7-18,28H,5-6,19-21H2,1-4H3,(H,32,36)/t28-/m1/s1. The van der Waals surface area contributed by atoms with Crippen molar-refractivity contribution >= 4 is 39.1 Å². The van der Waals surface area contributed by atoms with Crippen molar-refractivity contribution in [3.05, 3.63) is 88.9 Å². The van der Waals surface area contributed by atoms with Gasteiger partial charge >= 0.3 is 0 Å². The molecule has 1 atom stereocenters. The lowest BCUT2D eigenvalue weighted by Crippen LogP contribution is -2.52. The van der Waals surface area contributed by atoms with Crippen LogP contribution in [0, 0.1) is 6.92 Å². The first-order chi connectivity index (χ1) is 19.1. The number of methoxy groups -OCH3 is 1. The molecule has 0 bridgehead atoms. The summed E-state index contributed by atoms with van der Waals surface area (Å²) in [6, 6.07) is 19.1. The van der Waals surface area contributed by atoms with Crippen molar-refractivity contribution in [2.75, 3.05) is 24.5 Å². The molecular weight excluding hydrogens is 550 g/mol. The number of rotatable bonds is 13. The topological polar surface area (TPSA) is 96.0 Å². The minimum atomic E-state index is -4.15. The van der Waals surface area contributed by atoms with E-state index in [9.17, 15) is 18.0 Å². The Hall–Kier alpha value is -3.56. The fourth-order valence-electron chi connectivity index (χ4n) is 4.19. The number of anilines is 1. The van der Waals surface area contributed by atoms with Crippen LogP contribution in [-0.4, -0.2) is 51.4 Å². The molecule has 214 valence electrons. The van der Waals surface area contributed by atoms with E-state index in [2.05, 4.69) is 5.32 Å². The molecule has 3 aromatic rings. The Morgan fingerprint density at radius 2 is 1.57 bits per heavy atom. The quantitative estimate of drug-likeness (QED) is 0.298. The number of carbonyl (C=O) groups excluding carboxylic acids is 2. The molecule has 0 aliphatic carbocycles. The minimum absolute atomic E-state index is 0.000269. The molecule has 40 heavy (non-hydrogen) atoms. The van der Waals surface area contributed by atoms with E-state index in [-0.39, 0.29) is 17.3 Å². The van der Waals surface area contributed by atoms with Crippen LogP contribution in [0.15, 0.2) is 77.7 Å². The molecule has 0 fully saturated rings. The Morgan fingerprint density at radius 3 is 2.12 bits per heavy atom. The Bertz CT molecular complexity index is 1380. The predicted molar refractivity (Wildman–Crippen MR) is 158 cm³/mol. The number of nitrogens with zero attached hydrogens (tertiary/aromatic N) is 2. The van der Waals surface area contributed by atoms with Gasteiger partial charge in [-0.1, -0.05) is 55.3 Å². The third kappa shape index (κ3) is 7.76. The zero-order chi connectivity index (χ0) is 29.3. The minimum Gasteiger partial charge on any atom is -0.497 e. The normalized spacial score (nSPS) is 11.9. The van der Waals surface area contributed by atoms with Gasteiger partial charge in [-0.25, -0.2) is 8.42 Å². The van der Waals surface area contributed by atoms with Gasteiger partial charge in [0, 0.05) is 18.1 Å². The number of carbonyl (C=O) groups is 2. The average Bonchev–Trinajstić information content (AvgIpc) is 2.95. The van der Waals surface area contributed by atoms with Crippen molar-refractivity contribution in [1.29, 1.82) is 0 Å². The molecule has 0 aliphatic rings. The van der Waals surface area contributed by atoms with Gasteiger partial charge in [0.05, 0.1) is 17.7 Å². The molecule has 0 heterocycles. The van der Waals surface area contributed by atoms with Crippen LogP contribution in [0.3, 0.4) is 0 Å². The number of amides is 2. The maximum atomic E-state index is 14.0. The number of halogens is 1. The molecular formula is C30H36ClN3O5S. The van der Waals surface area contributed by atoms with Crippen LogP contribution >= 0.6 is 11.6 Å². The largest absolute Gasteiger partial charge is 0.497 e. The first kappa shape index (κ1) is 31.0. The number of ether oxygens (including phenoxy) is 1. The van der Waals surface area contributed by atoms with Gasteiger partial charge < -0.3 is 15.0 Å². The Morgan fingerprint density at radius 1 is 0.950 bits per heavy atom. The Balaban J connectivity index is 2.03. The lowest BCUT2D eigenvalue weighted by Gasteiger charge is -2.33. The van der Waals surface area contributed by atoms with Gasteiger partial charge in [-0.15, -0.1) is 0 Å².